The molecule has 3 heteroatoms. The van der Waals surface area contributed by atoms with Crippen LogP contribution >= 0.6 is 0 Å². The maximum absolute atomic E-state index is 11.8. The molecule has 1 fully saturated rings. The van der Waals surface area contributed by atoms with Crippen molar-refractivity contribution in [2.45, 2.75) is 39.9 Å². The van der Waals surface area contributed by atoms with Crippen LogP contribution in [0.3, 0.4) is 0 Å². The van der Waals surface area contributed by atoms with Crippen molar-refractivity contribution in [2.75, 3.05) is 6.54 Å². The van der Waals surface area contributed by atoms with E-state index in [2.05, 4.69) is 38.1 Å². The lowest BCUT2D eigenvalue weighted by atomic mass is 9.92. The number of hydrogen-bond donors (Lipinski definition) is 0. The molecule has 1 heterocycles. The van der Waals surface area contributed by atoms with Crippen LogP contribution in [0.25, 0.3) is 0 Å². The first-order valence-corrected chi connectivity index (χ1v) is 8.02. The third-order valence-corrected chi connectivity index (χ3v) is 4.64. The minimum Gasteiger partial charge on any atom is -0.369 e. The Labute approximate surface area is 76.0 Å². The van der Waals surface area contributed by atoms with Crippen LogP contribution in [0.1, 0.15) is 20.3 Å². The first-order valence-electron chi connectivity index (χ1n) is 4.57. The second-order valence-corrected chi connectivity index (χ2v) is 10.1. The van der Waals surface area contributed by atoms with Gasteiger partial charge in [-0.3, -0.25) is 4.79 Å². The monoisotopic (exact) mass is 185 g/mol. The van der Waals surface area contributed by atoms with Crippen molar-refractivity contribution < 1.29 is 4.79 Å². The molecule has 1 saturated heterocycles. The van der Waals surface area contributed by atoms with Crippen molar-refractivity contribution in [1.29, 1.82) is 0 Å². The highest BCUT2D eigenvalue weighted by molar-refractivity contribution is 6.75. The van der Waals surface area contributed by atoms with Gasteiger partial charge in [-0.05, 0) is 6.42 Å². The van der Waals surface area contributed by atoms with Gasteiger partial charge in [0.15, 0.2) is 8.24 Å². The molecule has 0 atom stereocenters. The van der Waals surface area contributed by atoms with Crippen LogP contribution in [0.4, 0.5) is 0 Å². The van der Waals surface area contributed by atoms with Gasteiger partial charge in [-0.2, -0.15) is 0 Å². The van der Waals surface area contributed by atoms with Gasteiger partial charge in [0.1, 0.15) is 0 Å². The molecule has 0 aromatic carbocycles. The third-order valence-electron chi connectivity index (χ3n) is 2.59. The molecule has 2 nitrogen and oxygen atoms in total. The molecule has 0 aromatic rings. The predicted molar refractivity (Wildman–Crippen MR) is 53.5 cm³/mol. The number of rotatable bonds is 1. The molecular formula is C9H19NOSi. The van der Waals surface area contributed by atoms with Gasteiger partial charge < -0.3 is 4.57 Å². The Morgan fingerprint density at radius 2 is 1.83 bits per heavy atom. The summed E-state index contributed by atoms with van der Waals surface area (Å²) in [4.78, 5) is 11.8. The van der Waals surface area contributed by atoms with Crippen molar-refractivity contribution in [2.24, 2.45) is 5.41 Å². The summed E-state index contributed by atoms with van der Waals surface area (Å²) in [7, 11) is -1.39. The maximum atomic E-state index is 11.8. The highest BCUT2D eigenvalue weighted by Gasteiger charge is 2.43. The summed E-state index contributed by atoms with van der Waals surface area (Å²) in [5.74, 6) is 0.363. The molecule has 1 aliphatic rings. The zero-order valence-electron chi connectivity index (χ0n) is 8.77. The van der Waals surface area contributed by atoms with Gasteiger partial charge in [-0.15, -0.1) is 0 Å². The van der Waals surface area contributed by atoms with E-state index >= 15 is 0 Å². The molecule has 0 spiro atoms. The molecule has 70 valence electrons. The number of carbonyl (C=O) groups excluding carboxylic acids is 1. The fourth-order valence-corrected chi connectivity index (χ4v) is 3.30. The molecule has 0 aliphatic carbocycles. The summed E-state index contributed by atoms with van der Waals surface area (Å²) >= 11 is 0. The first kappa shape index (κ1) is 9.77. The minimum absolute atomic E-state index is 0.0969. The average Bonchev–Trinajstić information content (AvgIpc) is 2.06. The number of nitrogens with zero attached hydrogens (tertiary/aromatic N) is 1. The van der Waals surface area contributed by atoms with Crippen LogP contribution in [0.15, 0.2) is 0 Å². The number of carbonyl (C=O) groups is 1. The SMILES string of the molecule is CC1(C)CCN([Si](C)(C)C)C1=O. The zero-order chi connectivity index (χ0) is 9.57. The van der Waals surface area contributed by atoms with E-state index in [1.54, 1.807) is 0 Å². The molecular weight excluding hydrogens is 166 g/mol. The highest BCUT2D eigenvalue weighted by Crippen LogP contribution is 2.33. The Morgan fingerprint density at radius 3 is 2.00 bits per heavy atom. The summed E-state index contributed by atoms with van der Waals surface area (Å²) < 4.78 is 2.12. The molecule has 0 saturated carbocycles. The van der Waals surface area contributed by atoms with Crippen LogP contribution in [-0.2, 0) is 4.79 Å². The van der Waals surface area contributed by atoms with Crippen LogP contribution < -0.4 is 0 Å². The topological polar surface area (TPSA) is 20.3 Å². The fourth-order valence-electron chi connectivity index (χ4n) is 1.61. The van der Waals surface area contributed by atoms with Gasteiger partial charge in [0, 0.05) is 12.0 Å². The van der Waals surface area contributed by atoms with E-state index in [9.17, 15) is 4.79 Å². The van der Waals surface area contributed by atoms with E-state index in [1.165, 1.54) is 0 Å². The smallest absolute Gasteiger partial charge is 0.220 e. The number of hydrogen-bond acceptors (Lipinski definition) is 1. The second kappa shape index (κ2) is 2.59. The van der Waals surface area contributed by atoms with Crippen molar-refractivity contribution in [3.63, 3.8) is 0 Å². The maximum Gasteiger partial charge on any atom is 0.220 e. The van der Waals surface area contributed by atoms with Crippen LogP contribution in [0.2, 0.25) is 19.6 Å². The Hall–Kier alpha value is -0.313. The van der Waals surface area contributed by atoms with E-state index in [0.29, 0.717) is 5.91 Å². The van der Waals surface area contributed by atoms with E-state index in [-0.39, 0.29) is 5.41 Å². The summed E-state index contributed by atoms with van der Waals surface area (Å²) in [6.07, 6.45) is 1.02. The third kappa shape index (κ3) is 1.55. The van der Waals surface area contributed by atoms with Gasteiger partial charge in [-0.1, -0.05) is 33.5 Å². The average molecular weight is 185 g/mol. The lowest BCUT2D eigenvalue weighted by Crippen LogP contribution is -2.48. The van der Waals surface area contributed by atoms with E-state index in [1.807, 2.05) is 0 Å². The highest BCUT2D eigenvalue weighted by atomic mass is 28.3. The van der Waals surface area contributed by atoms with Gasteiger partial charge in [-0.25, -0.2) is 0 Å². The Balaban J connectivity index is 2.82. The lowest BCUT2D eigenvalue weighted by molar-refractivity contribution is -0.131. The lowest BCUT2D eigenvalue weighted by Gasteiger charge is -2.31. The van der Waals surface area contributed by atoms with Gasteiger partial charge >= 0.3 is 0 Å². The molecule has 0 N–H and O–H groups in total. The van der Waals surface area contributed by atoms with Crippen molar-refractivity contribution in [1.82, 2.24) is 4.57 Å². The largest absolute Gasteiger partial charge is 0.369 e. The predicted octanol–water partition coefficient (Wildman–Crippen LogP) is 2.08. The minimum atomic E-state index is -1.39. The Kier molecular flexibility index (Phi) is 2.11. The summed E-state index contributed by atoms with van der Waals surface area (Å²) in [6, 6.07) is 0. The molecule has 12 heavy (non-hydrogen) atoms. The summed E-state index contributed by atoms with van der Waals surface area (Å²) in [5.41, 5.74) is -0.0969. The molecule has 1 rings (SSSR count). The molecule has 1 amide bonds. The van der Waals surface area contributed by atoms with Crippen LogP contribution in [-0.4, -0.2) is 25.3 Å². The van der Waals surface area contributed by atoms with E-state index < -0.39 is 8.24 Å². The van der Waals surface area contributed by atoms with Crippen LogP contribution in [0.5, 0.6) is 0 Å². The normalized spacial score (nSPS) is 23.4. The summed E-state index contributed by atoms with van der Waals surface area (Å²) in [6.45, 7) is 11.8. The van der Waals surface area contributed by atoms with Crippen molar-refractivity contribution in [3.8, 4) is 0 Å². The summed E-state index contributed by atoms with van der Waals surface area (Å²) in [5, 5.41) is 0. The molecule has 0 bridgehead atoms. The van der Waals surface area contributed by atoms with Gasteiger partial charge in [0.2, 0.25) is 5.91 Å². The molecule has 1 aliphatic heterocycles. The first-order chi connectivity index (χ1) is 5.25. The quantitative estimate of drug-likeness (QED) is 0.573. The van der Waals surface area contributed by atoms with E-state index in [0.717, 1.165) is 13.0 Å². The van der Waals surface area contributed by atoms with Gasteiger partial charge in [0.25, 0.3) is 0 Å². The van der Waals surface area contributed by atoms with Crippen molar-refractivity contribution >= 4 is 14.1 Å². The Bertz CT molecular complexity index is 205. The van der Waals surface area contributed by atoms with Gasteiger partial charge in [0.05, 0.1) is 0 Å². The van der Waals surface area contributed by atoms with Crippen molar-refractivity contribution in [3.05, 3.63) is 0 Å². The van der Waals surface area contributed by atoms with E-state index in [4.69, 9.17) is 0 Å². The standard InChI is InChI=1S/C9H19NOSi/c1-9(2)6-7-10(8(9)11)12(3,4)5/h6-7H2,1-5H3. The molecule has 0 unspecified atom stereocenters. The molecule has 0 aromatic heterocycles. The Morgan fingerprint density at radius 1 is 1.33 bits per heavy atom. The second-order valence-electron chi connectivity index (χ2n) is 5.26. The fraction of sp³-hybridized carbons (Fsp3) is 0.889. The molecule has 0 radical (unpaired) electrons. The van der Waals surface area contributed by atoms with Crippen LogP contribution in [0, 0.1) is 5.41 Å². The number of amides is 1. The zero-order valence-corrected chi connectivity index (χ0v) is 9.77.